The first-order chi connectivity index (χ1) is 20.3. The van der Waals surface area contributed by atoms with E-state index in [4.69, 9.17) is 11.6 Å². The lowest BCUT2D eigenvalue weighted by atomic mass is 10.1. The Morgan fingerprint density at radius 2 is 1.93 bits per heavy atom. The molecule has 3 aromatic heterocycles. The van der Waals surface area contributed by atoms with Crippen molar-refractivity contribution in [3.8, 4) is 17.5 Å². The minimum absolute atomic E-state index is 0.0778. The number of nitrogens with one attached hydrogen (secondary N) is 1. The van der Waals surface area contributed by atoms with Gasteiger partial charge in [-0.2, -0.15) is 18.0 Å². The van der Waals surface area contributed by atoms with Crippen molar-refractivity contribution in [3.05, 3.63) is 125 Å². The van der Waals surface area contributed by atoms with E-state index in [1.807, 2.05) is 49.5 Å². The number of aryl methyl sites for hydroxylation is 1. The summed E-state index contributed by atoms with van der Waals surface area (Å²) in [6, 6.07) is 22.2. The quantitative estimate of drug-likeness (QED) is 0.271. The van der Waals surface area contributed by atoms with Crippen LogP contribution in [0.15, 0.2) is 91.6 Å². The zero-order valence-electron chi connectivity index (χ0n) is 22.9. The van der Waals surface area contributed by atoms with Gasteiger partial charge in [0.05, 0.1) is 40.9 Å². The normalized spacial score (nSPS) is 15.6. The molecule has 1 N–H and O–H groups in total. The van der Waals surface area contributed by atoms with Crippen molar-refractivity contribution in [2.45, 2.75) is 32.5 Å². The number of hydrogen-bond donors (Lipinski definition) is 1. The molecule has 0 spiro atoms. The maximum Gasteiger partial charge on any atom is 0.308 e. The van der Waals surface area contributed by atoms with Gasteiger partial charge < -0.3 is 9.88 Å². The Bertz CT molecular complexity index is 1860. The Morgan fingerprint density at radius 3 is 2.67 bits per heavy atom. The van der Waals surface area contributed by atoms with E-state index in [1.54, 1.807) is 42.9 Å². The number of anilines is 1. The molecule has 0 fully saturated rings. The van der Waals surface area contributed by atoms with Crippen LogP contribution in [0.5, 0.6) is 0 Å². The zero-order chi connectivity index (χ0) is 29.3. The van der Waals surface area contributed by atoms with Crippen LogP contribution in [0.1, 0.15) is 27.9 Å². The van der Waals surface area contributed by atoms with Gasteiger partial charge in [0.25, 0.3) is 0 Å². The summed E-state index contributed by atoms with van der Waals surface area (Å²) in [6.45, 7) is 2.83. The molecule has 42 heavy (non-hydrogen) atoms. The van der Waals surface area contributed by atoms with Crippen LogP contribution in [-0.4, -0.2) is 44.2 Å². The average molecular weight is 598 g/mol. The highest BCUT2D eigenvalue weighted by Gasteiger charge is 2.38. The maximum atomic E-state index is 14.7. The zero-order valence-corrected chi connectivity index (χ0v) is 24.4. The van der Waals surface area contributed by atoms with Crippen LogP contribution in [0.3, 0.4) is 0 Å². The van der Waals surface area contributed by atoms with E-state index in [-0.39, 0.29) is 6.54 Å². The first kappa shape index (κ1) is 27.7. The number of fused-ring (bicyclic) bond motifs is 1. The number of hydrogen-bond acceptors (Lipinski definition) is 6. The van der Waals surface area contributed by atoms with Gasteiger partial charge in [0.2, 0.25) is 0 Å². The van der Waals surface area contributed by atoms with E-state index in [0.717, 1.165) is 28.1 Å². The second-order valence-corrected chi connectivity index (χ2v) is 12.5. The van der Waals surface area contributed by atoms with Crippen molar-refractivity contribution < 1.29 is 8.42 Å². The number of pyridine rings is 1. The topological polar surface area (TPSA) is 111 Å². The Balaban J connectivity index is 1.49. The van der Waals surface area contributed by atoms with Crippen LogP contribution in [0, 0.1) is 18.3 Å². The predicted molar refractivity (Wildman–Crippen MR) is 162 cm³/mol. The fraction of sp³-hybridized carbons (Fsp3) is 0.194. The first-order valence-corrected chi connectivity index (χ1v) is 15.2. The van der Waals surface area contributed by atoms with Gasteiger partial charge >= 0.3 is 10.2 Å². The van der Waals surface area contributed by atoms with Gasteiger partial charge in [-0.15, -0.1) is 0 Å². The van der Waals surface area contributed by atoms with Crippen LogP contribution in [0.2, 0.25) is 5.02 Å². The molecule has 1 aliphatic heterocycles. The molecule has 6 rings (SSSR count). The minimum atomic E-state index is -4.14. The third kappa shape index (κ3) is 5.42. The highest BCUT2D eigenvalue weighted by atomic mass is 35.5. The van der Waals surface area contributed by atoms with Crippen molar-refractivity contribution in [1.29, 1.82) is 5.26 Å². The van der Waals surface area contributed by atoms with Crippen molar-refractivity contribution in [3.63, 3.8) is 0 Å². The van der Waals surface area contributed by atoms with E-state index < -0.39 is 16.3 Å². The highest BCUT2D eigenvalue weighted by molar-refractivity contribution is 7.87. The first-order valence-electron chi connectivity index (χ1n) is 13.5. The minimum Gasteiger partial charge on any atom is -0.364 e. The summed E-state index contributed by atoms with van der Waals surface area (Å²) in [7, 11) is -4.14. The molecule has 0 saturated heterocycles. The molecule has 0 aliphatic carbocycles. The Kier molecular flexibility index (Phi) is 7.56. The van der Waals surface area contributed by atoms with Gasteiger partial charge in [0.1, 0.15) is 5.69 Å². The monoisotopic (exact) mass is 597 g/mol. The smallest absolute Gasteiger partial charge is 0.308 e. The van der Waals surface area contributed by atoms with Crippen LogP contribution in [-0.2, 0) is 29.7 Å². The summed E-state index contributed by atoms with van der Waals surface area (Å²) in [4.78, 5) is 14.0. The molecule has 0 amide bonds. The highest BCUT2D eigenvalue weighted by Crippen LogP contribution is 2.34. The van der Waals surface area contributed by atoms with Gasteiger partial charge in [0.15, 0.2) is 0 Å². The van der Waals surface area contributed by atoms with Gasteiger partial charge in [-0.3, -0.25) is 4.98 Å². The number of aromatic nitrogens is 4. The van der Waals surface area contributed by atoms with Crippen LogP contribution < -0.4 is 4.90 Å². The van der Waals surface area contributed by atoms with E-state index in [1.165, 1.54) is 14.5 Å². The van der Waals surface area contributed by atoms with Crippen molar-refractivity contribution in [1.82, 2.24) is 23.2 Å². The van der Waals surface area contributed by atoms with Gasteiger partial charge in [-0.1, -0.05) is 41.9 Å². The molecule has 5 aromatic rings. The number of imidazole rings is 1. The van der Waals surface area contributed by atoms with Gasteiger partial charge in [-0.25, -0.2) is 8.96 Å². The molecule has 212 valence electrons. The third-order valence-electron chi connectivity index (χ3n) is 7.41. The standard InChI is InChI=1S/C31H28ClN7O2S/c1-22-12-28(32)31(35-16-22)30-8-5-11-38(30)42(40,41)39-18-25-13-24(15-33)9-10-29(25)37(19-26-17-34-21-36-26)20-27(39)14-23-6-3-2-4-7-23/h2-13,16-17,21,27H,14,18-20H2,1H3,(H,34,36)/t27-/m1/s1. The molecular weight excluding hydrogens is 570 g/mol. The molecule has 0 radical (unpaired) electrons. The molecule has 0 bridgehead atoms. The summed E-state index contributed by atoms with van der Waals surface area (Å²) < 4.78 is 32.2. The SMILES string of the molecule is Cc1cnc(-c2cccn2S(=O)(=O)N2Cc3cc(C#N)ccc3N(Cc3c[nH]cn3)C[C@H]2Cc2ccccc2)c(Cl)c1. The fourth-order valence-corrected chi connectivity index (χ4v) is 7.45. The summed E-state index contributed by atoms with van der Waals surface area (Å²) in [6.07, 6.45) is 7.14. The second kappa shape index (κ2) is 11.4. The van der Waals surface area contributed by atoms with Crippen molar-refractivity contribution in [2.24, 2.45) is 0 Å². The molecule has 1 aliphatic rings. The third-order valence-corrected chi connectivity index (χ3v) is 9.54. The fourth-order valence-electron chi connectivity index (χ4n) is 5.46. The molecule has 11 heteroatoms. The number of benzene rings is 2. The molecule has 4 heterocycles. The Labute approximate surface area is 249 Å². The number of H-pyrrole nitrogens is 1. The number of nitriles is 1. The summed E-state index contributed by atoms with van der Waals surface area (Å²) in [5.41, 5.74) is 5.55. The van der Waals surface area contributed by atoms with E-state index in [9.17, 15) is 13.7 Å². The lowest BCUT2D eigenvalue weighted by Crippen LogP contribution is -2.47. The van der Waals surface area contributed by atoms with Crippen LogP contribution >= 0.6 is 11.6 Å². The molecule has 0 saturated carbocycles. The molecule has 9 nitrogen and oxygen atoms in total. The van der Waals surface area contributed by atoms with Gasteiger partial charge in [0, 0.05) is 43.4 Å². The van der Waals surface area contributed by atoms with Gasteiger partial charge in [-0.05, 0) is 66.4 Å². The molecule has 0 unspecified atom stereocenters. The molecule has 2 aromatic carbocycles. The van der Waals surface area contributed by atoms with E-state index in [2.05, 4.69) is 25.9 Å². The van der Waals surface area contributed by atoms with Crippen LogP contribution in [0.4, 0.5) is 5.69 Å². The maximum absolute atomic E-state index is 14.7. The number of halogens is 1. The summed E-state index contributed by atoms with van der Waals surface area (Å²) in [5.74, 6) is 0. The summed E-state index contributed by atoms with van der Waals surface area (Å²) in [5, 5.41) is 10.1. The molecular formula is C31H28ClN7O2S. The number of nitrogens with zero attached hydrogens (tertiary/aromatic N) is 6. The number of aromatic amines is 1. The number of rotatable bonds is 7. The Hall–Kier alpha value is -4.43. The van der Waals surface area contributed by atoms with Crippen molar-refractivity contribution >= 4 is 27.5 Å². The average Bonchev–Trinajstić information content (AvgIpc) is 3.66. The van der Waals surface area contributed by atoms with E-state index >= 15 is 0 Å². The van der Waals surface area contributed by atoms with Crippen LogP contribution in [0.25, 0.3) is 11.4 Å². The second-order valence-electron chi connectivity index (χ2n) is 10.3. The van der Waals surface area contributed by atoms with E-state index in [0.29, 0.717) is 41.5 Å². The lowest BCUT2D eigenvalue weighted by Gasteiger charge is -2.32. The Morgan fingerprint density at radius 1 is 1.10 bits per heavy atom. The predicted octanol–water partition coefficient (Wildman–Crippen LogP) is 5.33. The molecule has 1 atom stereocenters. The summed E-state index contributed by atoms with van der Waals surface area (Å²) >= 11 is 6.55. The largest absolute Gasteiger partial charge is 0.364 e. The van der Waals surface area contributed by atoms with Crippen molar-refractivity contribution in [2.75, 3.05) is 11.4 Å². The lowest BCUT2D eigenvalue weighted by molar-refractivity contribution is 0.314.